The predicted molar refractivity (Wildman–Crippen MR) is 166 cm³/mol. The van der Waals surface area contributed by atoms with Crippen LogP contribution in [0.25, 0.3) is 11.0 Å². The summed E-state index contributed by atoms with van der Waals surface area (Å²) in [5.74, 6) is 1.69. The lowest BCUT2D eigenvalue weighted by Crippen LogP contribution is -2.42. The monoisotopic (exact) mass is 566 g/mol. The zero-order chi connectivity index (χ0) is 29.0. The Morgan fingerprint density at radius 3 is 2.36 bits per heavy atom. The van der Waals surface area contributed by atoms with Gasteiger partial charge in [-0.25, -0.2) is 4.98 Å². The number of carbonyl (C=O) groups is 2. The molecule has 0 unspecified atom stereocenters. The number of imidazole rings is 1. The van der Waals surface area contributed by atoms with E-state index in [9.17, 15) is 9.59 Å². The third kappa shape index (κ3) is 8.21. The number of amides is 2. The van der Waals surface area contributed by atoms with Gasteiger partial charge in [0.15, 0.2) is 6.61 Å². The molecule has 0 spiro atoms. The molecule has 3 aromatic carbocycles. The summed E-state index contributed by atoms with van der Waals surface area (Å²) in [5, 5.41) is 2.94. The largest absolute Gasteiger partial charge is 0.484 e. The number of rotatable bonds is 14. The third-order valence-electron chi connectivity index (χ3n) is 8.07. The van der Waals surface area contributed by atoms with Gasteiger partial charge in [0.1, 0.15) is 18.1 Å². The van der Waals surface area contributed by atoms with Crippen LogP contribution in [0.2, 0.25) is 0 Å². The van der Waals surface area contributed by atoms with Gasteiger partial charge in [0.05, 0.1) is 11.0 Å². The predicted octanol–water partition coefficient (Wildman–Crippen LogP) is 6.31. The third-order valence-corrected chi connectivity index (χ3v) is 8.07. The number of para-hydroxylation sites is 3. The van der Waals surface area contributed by atoms with Gasteiger partial charge in [0, 0.05) is 25.6 Å². The highest BCUT2D eigenvalue weighted by atomic mass is 16.5. The van der Waals surface area contributed by atoms with Gasteiger partial charge >= 0.3 is 0 Å². The van der Waals surface area contributed by atoms with E-state index < -0.39 is 0 Å². The Hall–Kier alpha value is -4.13. The van der Waals surface area contributed by atoms with Crippen molar-refractivity contribution in [1.29, 1.82) is 0 Å². The van der Waals surface area contributed by atoms with Crippen LogP contribution in [0.1, 0.15) is 62.8 Å². The number of nitrogens with one attached hydrogen (secondary N) is 1. The zero-order valence-electron chi connectivity index (χ0n) is 24.4. The van der Waals surface area contributed by atoms with E-state index in [0.29, 0.717) is 25.4 Å². The summed E-state index contributed by atoms with van der Waals surface area (Å²) in [6, 6.07) is 28.1. The van der Waals surface area contributed by atoms with E-state index in [0.717, 1.165) is 55.4 Å². The molecule has 7 nitrogen and oxygen atoms in total. The van der Waals surface area contributed by atoms with Gasteiger partial charge in [-0.1, -0.05) is 86.3 Å². The molecule has 0 saturated heterocycles. The van der Waals surface area contributed by atoms with Crippen molar-refractivity contribution in [3.63, 3.8) is 0 Å². The quantitative estimate of drug-likeness (QED) is 0.182. The summed E-state index contributed by atoms with van der Waals surface area (Å²) in [5.41, 5.74) is 3.11. The Balaban J connectivity index is 1.17. The van der Waals surface area contributed by atoms with Crippen LogP contribution in [-0.2, 0) is 29.1 Å². The summed E-state index contributed by atoms with van der Waals surface area (Å²) in [4.78, 5) is 33.1. The van der Waals surface area contributed by atoms with E-state index in [1.807, 2.05) is 66.7 Å². The molecule has 7 heteroatoms. The molecule has 42 heavy (non-hydrogen) atoms. The number of hydrogen-bond acceptors (Lipinski definition) is 4. The zero-order valence-corrected chi connectivity index (χ0v) is 24.4. The first kappa shape index (κ1) is 29.4. The van der Waals surface area contributed by atoms with Crippen LogP contribution >= 0.6 is 0 Å². The molecule has 1 N–H and O–H groups in total. The van der Waals surface area contributed by atoms with Crippen molar-refractivity contribution < 1.29 is 14.3 Å². The van der Waals surface area contributed by atoms with Crippen LogP contribution in [0.4, 0.5) is 0 Å². The minimum atomic E-state index is -0.114. The lowest BCUT2D eigenvalue weighted by Gasteiger charge is -2.35. The van der Waals surface area contributed by atoms with Crippen LogP contribution in [0, 0.1) is 0 Å². The molecule has 1 heterocycles. The number of benzene rings is 3. The molecule has 2 amide bonds. The average Bonchev–Trinajstić information content (AvgIpc) is 3.38. The maximum absolute atomic E-state index is 14.0. The number of aryl methyl sites for hydroxylation is 1. The van der Waals surface area contributed by atoms with Crippen LogP contribution in [0.3, 0.4) is 0 Å². The molecule has 4 aromatic rings. The first-order valence-electron chi connectivity index (χ1n) is 15.4. The summed E-state index contributed by atoms with van der Waals surface area (Å²) in [6.07, 6.45) is 9.33. The fraction of sp³-hybridized carbons (Fsp3) is 0.400. The second-order valence-electron chi connectivity index (χ2n) is 11.2. The van der Waals surface area contributed by atoms with Crippen molar-refractivity contribution in [2.45, 2.75) is 76.9 Å². The molecule has 1 saturated carbocycles. The number of aromatic nitrogens is 2. The number of hydrogen-bond donors (Lipinski definition) is 1. The van der Waals surface area contributed by atoms with Gasteiger partial charge < -0.3 is 19.5 Å². The maximum atomic E-state index is 14.0. The molecule has 0 atom stereocenters. The van der Waals surface area contributed by atoms with Crippen LogP contribution in [0.15, 0.2) is 84.9 Å². The van der Waals surface area contributed by atoms with E-state index in [-0.39, 0.29) is 24.5 Å². The van der Waals surface area contributed by atoms with Crippen molar-refractivity contribution >= 4 is 22.8 Å². The molecule has 220 valence electrons. The average molecular weight is 567 g/mol. The summed E-state index contributed by atoms with van der Waals surface area (Å²) in [6.45, 7) is 1.58. The number of unbranched alkanes of at least 4 members (excludes halogenated alkanes) is 2. The van der Waals surface area contributed by atoms with E-state index in [1.54, 1.807) is 0 Å². The van der Waals surface area contributed by atoms with Crippen LogP contribution in [-0.4, -0.2) is 45.5 Å². The second-order valence-corrected chi connectivity index (χ2v) is 11.2. The lowest BCUT2D eigenvalue weighted by molar-refractivity contribution is -0.135. The Morgan fingerprint density at radius 1 is 0.857 bits per heavy atom. The molecule has 1 aromatic heterocycles. The molecule has 1 aliphatic carbocycles. The van der Waals surface area contributed by atoms with E-state index in [4.69, 9.17) is 9.72 Å². The number of nitrogens with zero attached hydrogens (tertiary/aromatic N) is 3. The number of fused-ring (bicyclic) bond motifs is 1. The maximum Gasteiger partial charge on any atom is 0.257 e. The SMILES string of the molecule is O=C(COc1ccccc1)NCCCCCc1nc2ccccc2n1CC(=O)N(Cc1ccccc1)C1CCCCC1. The fourth-order valence-electron chi connectivity index (χ4n) is 5.84. The highest BCUT2D eigenvalue weighted by molar-refractivity contribution is 5.81. The van der Waals surface area contributed by atoms with Crippen molar-refractivity contribution in [3.05, 3.63) is 96.3 Å². The van der Waals surface area contributed by atoms with Gasteiger partial charge in [0.25, 0.3) is 5.91 Å². The first-order chi connectivity index (χ1) is 20.7. The minimum Gasteiger partial charge on any atom is -0.484 e. The van der Waals surface area contributed by atoms with E-state index in [1.165, 1.54) is 24.8 Å². The van der Waals surface area contributed by atoms with Gasteiger partial charge in [-0.15, -0.1) is 0 Å². The van der Waals surface area contributed by atoms with Gasteiger partial charge in [0.2, 0.25) is 5.91 Å². The van der Waals surface area contributed by atoms with Crippen molar-refractivity contribution in [3.8, 4) is 5.75 Å². The fourth-order valence-corrected chi connectivity index (χ4v) is 5.84. The van der Waals surface area contributed by atoms with E-state index >= 15 is 0 Å². The molecular formula is C35H42N4O3. The number of carbonyl (C=O) groups excluding carboxylic acids is 2. The van der Waals surface area contributed by atoms with Crippen molar-refractivity contribution in [1.82, 2.24) is 19.8 Å². The standard InChI is InChI=1S/C35H42N4O3/c40-34(27-42-30-19-9-3-10-20-30)36-24-14-4-11-23-33-37-31-21-12-13-22-32(31)39(33)26-35(41)38(29-17-7-2-8-18-29)25-28-15-5-1-6-16-28/h1,3,5-6,9-10,12-13,15-16,19-22,29H,2,4,7-8,11,14,17-18,23-27H2,(H,36,40). The van der Waals surface area contributed by atoms with Gasteiger partial charge in [-0.3, -0.25) is 9.59 Å². The molecule has 5 rings (SSSR count). The van der Waals surface area contributed by atoms with E-state index in [2.05, 4.69) is 33.0 Å². The van der Waals surface area contributed by atoms with Crippen molar-refractivity contribution in [2.24, 2.45) is 0 Å². The van der Waals surface area contributed by atoms with Crippen LogP contribution < -0.4 is 10.1 Å². The topological polar surface area (TPSA) is 76.5 Å². The molecule has 0 radical (unpaired) electrons. The highest BCUT2D eigenvalue weighted by Crippen LogP contribution is 2.26. The first-order valence-corrected chi connectivity index (χ1v) is 15.4. The normalized spacial score (nSPS) is 13.6. The summed E-state index contributed by atoms with van der Waals surface area (Å²) < 4.78 is 7.64. The molecule has 0 bridgehead atoms. The Kier molecular flexibility index (Phi) is 10.6. The smallest absolute Gasteiger partial charge is 0.257 e. The molecule has 0 aliphatic heterocycles. The van der Waals surface area contributed by atoms with Crippen molar-refractivity contribution in [2.75, 3.05) is 13.2 Å². The summed E-state index contributed by atoms with van der Waals surface area (Å²) >= 11 is 0. The molecule has 1 fully saturated rings. The second kappa shape index (κ2) is 15.2. The van der Waals surface area contributed by atoms with Gasteiger partial charge in [-0.05, 0) is 55.5 Å². The Morgan fingerprint density at radius 2 is 1.57 bits per heavy atom. The minimum absolute atomic E-state index is 0.0181. The highest BCUT2D eigenvalue weighted by Gasteiger charge is 2.27. The summed E-state index contributed by atoms with van der Waals surface area (Å²) in [7, 11) is 0. The Bertz CT molecular complexity index is 1410. The lowest BCUT2D eigenvalue weighted by atomic mass is 9.93. The Labute approximate surface area is 248 Å². The van der Waals surface area contributed by atoms with Gasteiger partial charge in [-0.2, -0.15) is 0 Å². The molecular weight excluding hydrogens is 524 g/mol. The number of ether oxygens (including phenoxy) is 1. The molecule has 1 aliphatic rings. The van der Waals surface area contributed by atoms with Crippen LogP contribution in [0.5, 0.6) is 5.75 Å².